The van der Waals surface area contributed by atoms with Gasteiger partial charge in [-0.2, -0.15) is 5.10 Å². The molecule has 0 aliphatic heterocycles. The first-order valence-electron chi connectivity index (χ1n) is 7.61. The molecule has 21 heavy (non-hydrogen) atoms. The van der Waals surface area contributed by atoms with Gasteiger partial charge in [-0.1, -0.05) is 19.9 Å². The van der Waals surface area contributed by atoms with Crippen LogP contribution in [0.3, 0.4) is 0 Å². The van der Waals surface area contributed by atoms with Gasteiger partial charge in [0.25, 0.3) is 0 Å². The third kappa shape index (κ3) is 3.68. The van der Waals surface area contributed by atoms with Gasteiger partial charge in [-0.15, -0.1) is 0 Å². The lowest BCUT2D eigenvalue weighted by atomic mass is 10.0. The molecule has 2 aromatic rings. The summed E-state index contributed by atoms with van der Waals surface area (Å²) in [5, 5.41) is 4.69. The second kappa shape index (κ2) is 7.33. The van der Waals surface area contributed by atoms with Crippen LogP contribution in [-0.4, -0.2) is 14.8 Å². The monoisotopic (exact) mass is 287 g/mol. The highest BCUT2D eigenvalue weighted by Gasteiger charge is 2.16. The number of hydrogen-bond donors (Lipinski definition) is 2. The molecule has 0 fully saturated rings. The quantitative estimate of drug-likeness (QED) is 0.607. The fourth-order valence-corrected chi connectivity index (χ4v) is 2.66. The van der Waals surface area contributed by atoms with Gasteiger partial charge in [0, 0.05) is 18.8 Å². The average molecular weight is 287 g/mol. The number of nitrogens with one attached hydrogen (secondary N) is 1. The van der Waals surface area contributed by atoms with Crippen LogP contribution < -0.4 is 11.3 Å². The van der Waals surface area contributed by atoms with Crippen LogP contribution in [0.15, 0.2) is 30.6 Å². The summed E-state index contributed by atoms with van der Waals surface area (Å²) in [5.41, 5.74) is 6.02. The number of nitrogens with two attached hydrogens (primary N) is 1. The summed E-state index contributed by atoms with van der Waals surface area (Å²) < 4.78 is 2.06. The van der Waals surface area contributed by atoms with Crippen LogP contribution >= 0.6 is 0 Å². The van der Waals surface area contributed by atoms with Gasteiger partial charge in [0.15, 0.2) is 0 Å². The fraction of sp³-hybridized carbons (Fsp3) is 0.500. The lowest BCUT2D eigenvalue weighted by Gasteiger charge is -2.16. The van der Waals surface area contributed by atoms with Crippen molar-refractivity contribution in [3.05, 3.63) is 47.5 Å². The lowest BCUT2D eigenvalue weighted by molar-refractivity contribution is 0.422. The Bertz CT molecular complexity index is 559. The van der Waals surface area contributed by atoms with Crippen LogP contribution in [0.1, 0.15) is 55.7 Å². The maximum absolute atomic E-state index is 5.72. The summed E-state index contributed by atoms with van der Waals surface area (Å²) in [6, 6.07) is 6.51. The van der Waals surface area contributed by atoms with Gasteiger partial charge in [0.2, 0.25) is 0 Å². The molecule has 2 rings (SSSR count). The van der Waals surface area contributed by atoms with Crippen molar-refractivity contribution >= 4 is 0 Å². The maximum Gasteiger partial charge on any atom is 0.0690 e. The molecule has 2 heterocycles. The fourth-order valence-electron chi connectivity index (χ4n) is 2.66. The first-order chi connectivity index (χ1) is 10.2. The molecule has 5 nitrogen and oxygen atoms in total. The van der Waals surface area contributed by atoms with Crippen molar-refractivity contribution < 1.29 is 0 Å². The summed E-state index contributed by atoms with van der Waals surface area (Å²) >= 11 is 0. The molecule has 114 valence electrons. The van der Waals surface area contributed by atoms with Gasteiger partial charge < -0.3 is 0 Å². The molecule has 0 aliphatic carbocycles. The van der Waals surface area contributed by atoms with Crippen LogP contribution in [0.2, 0.25) is 0 Å². The zero-order valence-corrected chi connectivity index (χ0v) is 13.1. The second-order valence-corrected chi connectivity index (χ2v) is 5.39. The summed E-state index contributed by atoms with van der Waals surface area (Å²) in [4.78, 5) is 4.44. The zero-order valence-electron chi connectivity index (χ0n) is 13.1. The maximum atomic E-state index is 5.72. The van der Waals surface area contributed by atoms with Crippen LogP contribution in [0.25, 0.3) is 0 Å². The zero-order chi connectivity index (χ0) is 15.2. The molecule has 2 aromatic heterocycles. The van der Waals surface area contributed by atoms with E-state index in [2.05, 4.69) is 59.3 Å². The Kier molecular flexibility index (Phi) is 5.47. The molecule has 3 N–H and O–H groups in total. The minimum Gasteiger partial charge on any atom is -0.271 e. The molecule has 0 aliphatic rings. The number of pyridine rings is 1. The number of hydrazine groups is 1. The van der Waals surface area contributed by atoms with Crippen molar-refractivity contribution in [2.75, 3.05) is 0 Å². The van der Waals surface area contributed by atoms with E-state index in [0.717, 1.165) is 36.2 Å². The summed E-state index contributed by atoms with van der Waals surface area (Å²) in [6.45, 7) is 6.43. The highest BCUT2D eigenvalue weighted by atomic mass is 15.3. The molecule has 0 amide bonds. The number of aryl methyl sites for hydroxylation is 1. The third-order valence-corrected chi connectivity index (χ3v) is 3.97. The Morgan fingerprint density at radius 2 is 2.05 bits per heavy atom. The number of rotatable bonds is 7. The molecule has 0 aromatic carbocycles. The molecule has 1 unspecified atom stereocenters. The van der Waals surface area contributed by atoms with Gasteiger partial charge in [-0.3, -0.25) is 20.9 Å². The number of aromatic nitrogens is 3. The molecule has 0 saturated carbocycles. The Morgan fingerprint density at radius 1 is 1.29 bits per heavy atom. The van der Waals surface area contributed by atoms with E-state index in [1.165, 1.54) is 0 Å². The van der Waals surface area contributed by atoms with E-state index in [4.69, 9.17) is 5.84 Å². The Hall–Kier alpha value is -1.72. The van der Waals surface area contributed by atoms with Gasteiger partial charge >= 0.3 is 0 Å². The molecule has 0 radical (unpaired) electrons. The van der Waals surface area contributed by atoms with Crippen LogP contribution in [-0.2, 0) is 6.42 Å². The first-order valence-corrected chi connectivity index (χ1v) is 7.61. The molecule has 0 bridgehead atoms. The normalized spacial score (nSPS) is 12.8. The Balaban J connectivity index is 2.14. The standard InChI is InChI=1S/C16H25N5/c1-4-14(5-2)21-10-8-13(20-21)11-15(19-17)16-12(3)7-6-9-18-16/h6-10,14-15,19H,4-5,11,17H2,1-3H3. The van der Waals surface area contributed by atoms with Crippen molar-refractivity contribution in [2.24, 2.45) is 5.84 Å². The minimum absolute atomic E-state index is 0.0174. The van der Waals surface area contributed by atoms with Crippen molar-refractivity contribution in [1.82, 2.24) is 20.2 Å². The molecule has 0 spiro atoms. The van der Waals surface area contributed by atoms with E-state index in [0.29, 0.717) is 6.04 Å². The van der Waals surface area contributed by atoms with Crippen molar-refractivity contribution in [1.29, 1.82) is 0 Å². The summed E-state index contributed by atoms with van der Waals surface area (Å²) in [7, 11) is 0. The van der Waals surface area contributed by atoms with Crippen molar-refractivity contribution in [2.45, 2.75) is 52.1 Å². The summed E-state index contributed by atoms with van der Waals surface area (Å²) in [5.74, 6) is 5.72. The van der Waals surface area contributed by atoms with E-state index in [-0.39, 0.29) is 6.04 Å². The van der Waals surface area contributed by atoms with Crippen LogP contribution in [0.4, 0.5) is 0 Å². The SMILES string of the molecule is CCC(CC)n1ccc(CC(NN)c2ncccc2C)n1. The predicted octanol–water partition coefficient (Wildman–Crippen LogP) is 2.69. The van der Waals surface area contributed by atoms with E-state index < -0.39 is 0 Å². The minimum atomic E-state index is -0.0174. The Morgan fingerprint density at radius 3 is 2.67 bits per heavy atom. The number of nitrogens with zero attached hydrogens (tertiary/aromatic N) is 3. The lowest BCUT2D eigenvalue weighted by Crippen LogP contribution is -2.31. The van der Waals surface area contributed by atoms with Crippen LogP contribution in [0, 0.1) is 6.92 Å². The smallest absolute Gasteiger partial charge is 0.0690 e. The highest BCUT2D eigenvalue weighted by Crippen LogP contribution is 2.20. The molecular weight excluding hydrogens is 262 g/mol. The first kappa shape index (κ1) is 15.7. The van der Waals surface area contributed by atoms with Crippen molar-refractivity contribution in [3.8, 4) is 0 Å². The predicted molar refractivity (Wildman–Crippen MR) is 84.6 cm³/mol. The largest absolute Gasteiger partial charge is 0.271 e. The van der Waals surface area contributed by atoms with E-state index in [9.17, 15) is 0 Å². The molecule has 1 atom stereocenters. The van der Waals surface area contributed by atoms with E-state index >= 15 is 0 Å². The Labute approximate surface area is 126 Å². The summed E-state index contributed by atoms with van der Waals surface area (Å²) in [6.07, 6.45) is 6.79. The van der Waals surface area contributed by atoms with Crippen molar-refractivity contribution in [3.63, 3.8) is 0 Å². The van der Waals surface area contributed by atoms with Gasteiger partial charge in [0.05, 0.1) is 23.5 Å². The average Bonchev–Trinajstić information content (AvgIpc) is 2.95. The molecule has 5 heteroatoms. The number of hydrogen-bond acceptors (Lipinski definition) is 4. The molecule has 0 saturated heterocycles. The van der Waals surface area contributed by atoms with Gasteiger partial charge in [-0.05, 0) is 37.5 Å². The van der Waals surface area contributed by atoms with E-state index in [1.54, 1.807) is 6.20 Å². The van der Waals surface area contributed by atoms with Crippen LogP contribution in [0.5, 0.6) is 0 Å². The molecular formula is C16H25N5. The van der Waals surface area contributed by atoms with E-state index in [1.807, 2.05) is 6.07 Å². The third-order valence-electron chi connectivity index (χ3n) is 3.97. The van der Waals surface area contributed by atoms with Gasteiger partial charge in [0.1, 0.15) is 0 Å². The highest BCUT2D eigenvalue weighted by molar-refractivity contribution is 5.22. The van der Waals surface area contributed by atoms with Gasteiger partial charge in [-0.25, -0.2) is 0 Å². The second-order valence-electron chi connectivity index (χ2n) is 5.39. The topological polar surface area (TPSA) is 68.8 Å².